The number of carbonyl (C=O) groups is 1. The van der Waals surface area contributed by atoms with Gasteiger partial charge in [0, 0.05) is 43.6 Å². The summed E-state index contributed by atoms with van der Waals surface area (Å²) in [5.74, 6) is -3.29. The number of carboxylic acids is 1. The summed E-state index contributed by atoms with van der Waals surface area (Å²) >= 11 is 0. The molecule has 2 aliphatic heterocycles. The lowest BCUT2D eigenvalue weighted by atomic mass is 9.95. The van der Waals surface area contributed by atoms with E-state index in [9.17, 15) is 13.6 Å². The van der Waals surface area contributed by atoms with Crippen LogP contribution in [0.2, 0.25) is 0 Å². The summed E-state index contributed by atoms with van der Waals surface area (Å²) in [5, 5.41) is 18.6. The number of carboxylic acid groups (broad SMARTS) is 1. The lowest BCUT2D eigenvalue weighted by Gasteiger charge is -2.47. The lowest BCUT2D eigenvalue weighted by molar-refractivity contribution is -0.139. The molecule has 2 saturated heterocycles. The number of nitrogens with one attached hydrogen (secondary N) is 2. The maximum Gasteiger partial charge on any atom is 0.303 e. The molecule has 0 aromatic rings. The summed E-state index contributed by atoms with van der Waals surface area (Å²) in [6.07, 6.45) is 0.989. The van der Waals surface area contributed by atoms with E-state index in [1.165, 1.54) is 0 Å². The molecule has 1 aliphatic carbocycles. The van der Waals surface area contributed by atoms with Gasteiger partial charge in [-0.1, -0.05) is 0 Å². The highest BCUT2D eigenvalue weighted by Gasteiger charge is 2.46. The Balaban J connectivity index is 1.76. The van der Waals surface area contributed by atoms with Crippen molar-refractivity contribution in [2.45, 2.75) is 44.6 Å². The molecular formula is C15H22F2N4O2. The van der Waals surface area contributed by atoms with Gasteiger partial charge in [-0.2, -0.15) is 8.78 Å². The third-order valence-corrected chi connectivity index (χ3v) is 4.95. The van der Waals surface area contributed by atoms with Crippen LogP contribution in [-0.4, -0.2) is 58.3 Å². The number of hydrogen-bond donors (Lipinski definition) is 3. The number of rotatable bonds is 5. The second-order valence-corrected chi connectivity index (χ2v) is 6.72. The maximum atomic E-state index is 13.7. The Morgan fingerprint density at radius 3 is 2.61 bits per heavy atom. The first-order chi connectivity index (χ1) is 10.8. The molecule has 0 aromatic heterocycles. The van der Waals surface area contributed by atoms with E-state index >= 15 is 0 Å². The number of aliphatic carboxylic acids is 1. The second kappa shape index (κ2) is 5.74. The summed E-state index contributed by atoms with van der Waals surface area (Å²) in [6.45, 7) is 3.95. The van der Waals surface area contributed by atoms with Gasteiger partial charge in [0.05, 0.1) is 6.42 Å². The first kappa shape index (κ1) is 16.2. The molecule has 128 valence electrons. The van der Waals surface area contributed by atoms with Gasteiger partial charge in [0.1, 0.15) is 11.5 Å². The summed E-state index contributed by atoms with van der Waals surface area (Å²) in [5.41, 5.74) is 2.97. The van der Waals surface area contributed by atoms with Crippen LogP contribution in [0.4, 0.5) is 8.78 Å². The van der Waals surface area contributed by atoms with Gasteiger partial charge in [0.15, 0.2) is 0 Å². The van der Waals surface area contributed by atoms with E-state index in [-0.39, 0.29) is 25.2 Å². The Hall–Kier alpha value is -1.70. The van der Waals surface area contributed by atoms with E-state index in [1.807, 2.05) is 9.91 Å². The summed E-state index contributed by atoms with van der Waals surface area (Å²) in [6, 6.07) is 0.331. The molecule has 3 rings (SSSR count). The minimum absolute atomic E-state index is 0.0369. The number of nitrogens with zero attached hydrogens (tertiary/aromatic N) is 2. The molecule has 0 radical (unpaired) electrons. The molecule has 3 aliphatic rings. The molecule has 3 N–H and O–H groups in total. The molecule has 6 nitrogen and oxygen atoms in total. The van der Waals surface area contributed by atoms with Crippen LogP contribution >= 0.6 is 0 Å². The fourth-order valence-corrected chi connectivity index (χ4v) is 3.27. The van der Waals surface area contributed by atoms with Crippen LogP contribution in [0.3, 0.4) is 0 Å². The number of hydrazine groups is 1. The van der Waals surface area contributed by atoms with Crippen molar-refractivity contribution in [3.63, 3.8) is 0 Å². The summed E-state index contributed by atoms with van der Waals surface area (Å²) < 4.78 is 27.4. The molecule has 0 spiro atoms. The van der Waals surface area contributed by atoms with Crippen LogP contribution in [0.1, 0.15) is 32.6 Å². The van der Waals surface area contributed by atoms with E-state index in [4.69, 9.17) is 10.5 Å². The molecule has 2 heterocycles. The SMILES string of the molecule is C[C@H]1CCN1N/C(=C1/CCC(F)(F)C1=N)N1CC(CC(=O)O)C1. The topological polar surface area (TPSA) is 79.7 Å². The van der Waals surface area contributed by atoms with E-state index in [0.29, 0.717) is 30.5 Å². The van der Waals surface area contributed by atoms with Gasteiger partial charge in [0.2, 0.25) is 0 Å². The standard InChI is InChI=1S/C15H22F2N4O2/c1-9-3-5-21(9)19-14(11-2-4-15(16,17)13(11)18)20-7-10(8-20)6-12(22)23/h9-10,18-19H,2-8H2,1H3,(H,22,23)/b14-11+,18-13?/t9-/m0/s1. The number of likely N-dealkylation sites (tertiary alicyclic amines) is 1. The molecule has 8 heteroatoms. The first-order valence-electron chi connectivity index (χ1n) is 7.98. The normalized spacial score (nSPS) is 30.0. The molecule has 1 saturated carbocycles. The zero-order valence-corrected chi connectivity index (χ0v) is 13.1. The fraction of sp³-hybridized carbons (Fsp3) is 0.733. The Morgan fingerprint density at radius 2 is 2.17 bits per heavy atom. The number of alkyl halides is 2. The summed E-state index contributed by atoms with van der Waals surface area (Å²) in [4.78, 5) is 12.7. The third kappa shape index (κ3) is 3.04. The van der Waals surface area contributed by atoms with Gasteiger partial charge in [0.25, 0.3) is 5.92 Å². The zero-order chi connectivity index (χ0) is 16.8. The Bertz CT molecular complexity index is 558. The van der Waals surface area contributed by atoms with E-state index in [0.717, 1.165) is 13.0 Å². The van der Waals surface area contributed by atoms with Gasteiger partial charge in [-0.3, -0.25) is 10.2 Å². The van der Waals surface area contributed by atoms with E-state index in [1.54, 1.807) is 0 Å². The van der Waals surface area contributed by atoms with Gasteiger partial charge < -0.3 is 15.4 Å². The number of halogens is 2. The average molecular weight is 328 g/mol. The Morgan fingerprint density at radius 1 is 1.48 bits per heavy atom. The van der Waals surface area contributed by atoms with Crippen molar-refractivity contribution >= 4 is 11.7 Å². The quantitative estimate of drug-likeness (QED) is 0.715. The molecule has 0 bridgehead atoms. The van der Waals surface area contributed by atoms with Crippen molar-refractivity contribution in [2.24, 2.45) is 5.92 Å². The summed E-state index contributed by atoms with van der Waals surface area (Å²) in [7, 11) is 0. The molecule has 0 unspecified atom stereocenters. The van der Waals surface area contributed by atoms with Gasteiger partial charge >= 0.3 is 5.97 Å². The molecule has 3 fully saturated rings. The van der Waals surface area contributed by atoms with Crippen molar-refractivity contribution in [2.75, 3.05) is 19.6 Å². The van der Waals surface area contributed by atoms with E-state index in [2.05, 4.69) is 12.3 Å². The van der Waals surface area contributed by atoms with Crippen molar-refractivity contribution in [1.82, 2.24) is 15.3 Å². The van der Waals surface area contributed by atoms with Crippen LogP contribution in [0.5, 0.6) is 0 Å². The Labute approximate surface area is 133 Å². The molecule has 0 amide bonds. The first-order valence-corrected chi connectivity index (χ1v) is 7.98. The highest BCUT2D eigenvalue weighted by Crippen LogP contribution is 2.38. The van der Waals surface area contributed by atoms with Crippen LogP contribution in [0.25, 0.3) is 0 Å². The largest absolute Gasteiger partial charge is 0.481 e. The van der Waals surface area contributed by atoms with Crippen molar-refractivity contribution in [3.05, 3.63) is 11.4 Å². The number of allylic oxidation sites excluding steroid dienone is 1. The average Bonchev–Trinajstić information content (AvgIpc) is 2.69. The van der Waals surface area contributed by atoms with Gasteiger partial charge in [-0.05, 0) is 19.8 Å². The van der Waals surface area contributed by atoms with Crippen molar-refractivity contribution in [1.29, 1.82) is 5.41 Å². The molecular weight excluding hydrogens is 306 g/mol. The Kier molecular flexibility index (Phi) is 4.03. The zero-order valence-electron chi connectivity index (χ0n) is 13.1. The smallest absolute Gasteiger partial charge is 0.303 e. The highest BCUT2D eigenvalue weighted by atomic mass is 19.3. The van der Waals surface area contributed by atoms with Crippen LogP contribution in [0, 0.1) is 11.3 Å². The maximum absolute atomic E-state index is 13.7. The number of hydrogen-bond acceptors (Lipinski definition) is 5. The lowest BCUT2D eigenvalue weighted by Crippen LogP contribution is -2.59. The van der Waals surface area contributed by atoms with Gasteiger partial charge in [-0.15, -0.1) is 0 Å². The second-order valence-electron chi connectivity index (χ2n) is 6.72. The highest BCUT2D eigenvalue weighted by molar-refractivity contribution is 6.05. The van der Waals surface area contributed by atoms with Crippen LogP contribution in [-0.2, 0) is 4.79 Å². The minimum atomic E-state index is -3.06. The predicted molar refractivity (Wildman–Crippen MR) is 80.2 cm³/mol. The minimum Gasteiger partial charge on any atom is -0.481 e. The van der Waals surface area contributed by atoms with Crippen LogP contribution in [0.15, 0.2) is 11.4 Å². The van der Waals surface area contributed by atoms with E-state index < -0.39 is 17.6 Å². The van der Waals surface area contributed by atoms with Crippen molar-refractivity contribution < 1.29 is 18.7 Å². The van der Waals surface area contributed by atoms with Gasteiger partial charge in [-0.25, -0.2) is 5.01 Å². The monoisotopic (exact) mass is 328 g/mol. The fourth-order valence-electron chi connectivity index (χ4n) is 3.27. The molecule has 1 atom stereocenters. The third-order valence-electron chi connectivity index (χ3n) is 4.95. The molecule has 0 aromatic carbocycles. The van der Waals surface area contributed by atoms with Crippen LogP contribution < -0.4 is 5.43 Å². The molecule has 23 heavy (non-hydrogen) atoms. The van der Waals surface area contributed by atoms with Crippen molar-refractivity contribution in [3.8, 4) is 0 Å². The predicted octanol–water partition coefficient (Wildman–Crippen LogP) is 1.65.